The molecule has 1 heterocycles. The van der Waals surface area contributed by atoms with Crippen LogP contribution < -0.4 is 0 Å². The van der Waals surface area contributed by atoms with Crippen LogP contribution in [-0.2, 0) is 18.1 Å². The van der Waals surface area contributed by atoms with E-state index in [9.17, 15) is 4.57 Å². The maximum Gasteiger partial charge on any atom is 0.478 e. The van der Waals surface area contributed by atoms with Gasteiger partial charge in [-0.15, -0.1) is 0 Å². The summed E-state index contributed by atoms with van der Waals surface area (Å²) in [6, 6.07) is 0. The molecule has 0 aromatic carbocycles. The number of rotatable bonds is 13. The fourth-order valence-corrected chi connectivity index (χ4v) is 3.74. The summed E-state index contributed by atoms with van der Waals surface area (Å²) >= 11 is 0. The minimum absolute atomic E-state index is 0.362. The predicted molar refractivity (Wildman–Crippen MR) is 92.7 cm³/mol. The van der Waals surface area contributed by atoms with Gasteiger partial charge in [0.1, 0.15) is 0 Å². The molecule has 1 aliphatic rings. The molecule has 0 aromatic rings. The molecule has 23 heavy (non-hydrogen) atoms. The molecule has 0 saturated heterocycles. The van der Waals surface area contributed by atoms with Crippen LogP contribution in [0.2, 0.25) is 0 Å². The van der Waals surface area contributed by atoms with Gasteiger partial charge in [0.05, 0.1) is 13.2 Å². The molecule has 0 fully saturated rings. The number of phosphoric acid groups is 1. The molecule has 7 heteroatoms. The zero-order chi connectivity index (χ0) is 17.1. The van der Waals surface area contributed by atoms with Crippen molar-refractivity contribution in [2.24, 2.45) is 0 Å². The van der Waals surface area contributed by atoms with Gasteiger partial charge in [-0.25, -0.2) is 9.09 Å². The normalized spacial score (nSPS) is 18.2. The zero-order valence-corrected chi connectivity index (χ0v) is 16.0. The Balaban J connectivity index is 2.61. The van der Waals surface area contributed by atoms with Gasteiger partial charge in [-0.3, -0.25) is 9.05 Å². The van der Waals surface area contributed by atoms with Gasteiger partial charge < -0.3 is 9.80 Å². The van der Waals surface area contributed by atoms with Gasteiger partial charge in [0.25, 0.3) is 0 Å². The summed E-state index contributed by atoms with van der Waals surface area (Å²) in [5.74, 6) is 0. The van der Waals surface area contributed by atoms with Crippen molar-refractivity contribution in [2.75, 3.05) is 26.8 Å². The number of unbranched alkanes of at least 4 members (excludes halogenated alkanes) is 3. The highest BCUT2D eigenvalue weighted by molar-refractivity contribution is 7.48. The van der Waals surface area contributed by atoms with E-state index in [2.05, 4.69) is 6.92 Å². The fourth-order valence-electron chi connectivity index (χ4n) is 2.23. The Morgan fingerprint density at radius 1 is 0.957 bits per heavy atom. The molecule has 6 nitrogen and oxygen atoms in total. The van der Waals surface area contributed by atoms with E-state index in [1.807, 2.05) is 43.1 Å². The molecule has 0 aromatic heterocycles. The average molecular weight is 348 g/mol. The highest BCUT2D eigenvalue weighted by Crippen LogP contribution is 2.51. The lowest BCUT2D eigenvalue weighted by Crippen LogP contribution is -2.39. The van der Waals surface area contributed by atoms with Crippen molar-refractivity contribution in [3.63, 3.8) is 0 Å². The first-order valence-corrected chi connectivity index (χ1v) is 10.3. The van der Waals surface area contributed by atoms with E-state index in [-0.39, 0.29) is 0 Å². The van der Waals surface area contributed by atoms with Crippen LogP contribution in [-0.4, -0.2) is 43.0 Å². The fraction of sp³-hybridized carbons (Fsp3) is 0.875. The van der Waals surface area contributed by atoms with Crippen LogP contribution in [0.3, 0.4) is 0 Å². The van der Waals surface area contributed by atoms with Crippen molar-refractivity contribution in [1.29, 1.82) is 0 Å². The van der Waals surface area contributed by atoms with Crippen molar-refractivity contribution in [1.82, 2.24) is 9.80 Å². The predicted octanol–water partition coefficient (Wildman–Crippen LogP) is 4.55. The van der Waals surface area contributed by atoms with Crippen molar-refractivity contribution < 1.29 is 18.1 Å². The molecular formula is C16H33N2O4P. The van der Waals surface area contributed by atoms with Crippen molar-refractivity contribution in [3.05, 3.63) is 12.4 Å². The molecule has 1 atom stereocenters. The first-order chi connectivity index (χ1) is 11.1. The van der Waals surface area contributed by atoms with Gasteiger partial charge in [-0.1, -0.05) is 40.0 Å². The van der Waals surface area contributed by atoms with Crippen LogP contribution >= 0.6 is 7.82 Å². The van der Waals surface area contributed by atoms with Gasteiger partial charge in [-0.05, 0) is 19.3 Å². The largest absolute Gasteiger partial charge is 0.478 e. The van der Waals surface area contributed by atoms with Gasteiger partial charge in [-0.2, -0.15) is 0 Å². The molecular weight excluding hydrogens is 315 g/mol. The summed E-state index contributed by atoms with van der Waals surface area (Å²) in [5.41, 5.74) is 0. The maximum atomic E-state index is 12.8. The smallest absolute Gasteiger partial charge is 0.337 e. The van der Waals surface area contributed by atoms with Crippen LogP contribution in [0, 0.1) is 0 Å². The quantitative estimate of drug-likeness (QED) is 0.360. The Bertz CT molecular complexity index is 380. The van der Waals surface area contributed by atoms with Gasteiger partial charge in [0.2, 0.25) is 6.35 Å². The second kappa shape index (κ2) is 11.1. The molecule has 0 N–H and O–H groups in total. The third-order valence-corrected chi connectivity index (χ3v) is 4.97. The van der Waals surface area contributed by atoms with Crippen LogP contribution in [0.15, 0.2) is 12.4 Å². The highest BCUT2D eigenvalue weighted by Gasteiger charge is 2.36. The van der Waals surface area contributed by atoms with Crippen LogP contribution in [0.5, 0.6) is 0 Å². The number of hydrogen-bond donors (Lipinski definition) is 0. The Labute approximate surface area is 141 Å². The second-order valence-corrected chi connectivity index (χ2v) is 7.43. The summed E-state index contributed by atoms with van der Waals surface area (Å²) in [5, 5.41) is 0. The van der Waals surface area contributed by atoms with E-state index in [4.69, 9.17) is 13.6 Å². The van der Waals surface area contributed by atoms with Crippen molar-refractivity contribution in [2.45, 2.75) is 65.6 Å². The molecule has 0 spiro atoms. The molecule has 1 unspecified atom stereocenters. The lowest BCUT2D eigenvalue weighted by molar-refractivity contribution is -0.0460. The summed E-state index contributed by atoms with van der Waals surface area (Å²) in [6.07, 6.45) is 9.71. The molecule has 0 bridgehead atoms. The summed E-state index contributed by atoms with van der Waals surface area (Å²) < 4.78 is 29.4. The molecule has 0 aliphatic carbocycles. The Morgan fingerprint density at radius 3 is 2.17 bits per heavy atom. The van der Waals surface area contributed by atoms with E-state index in [1.165, 1.54) is 19.3 Å². The Morgan fingerprint density at radius 2 is 1.61 bits per heavy atom. The lowest BCUT2D eigenvalue weighted by atomic mass is 10.2. The zero-order valence-electron chi connectivity index (χ0n) is 15.1. The number of nitrogens with zero attached hydrogens (tertiary/aromatic N) is 2. The van der Waals surface area contributed by atoms with E-state index in [1.54, 1.807) is 0 Å². The van der Waals surface area contributed by atoms with Gasteiger partial charge in [0.15, 0.2) is 0 Å². The minimum atomic E-state index is -3.54. The van der Waals surface area contributed by atoms with E-state index in [0.717, 1.165) is 25.8 Å². The van der Waals surface area contributed by atoms with Gasteiger partial charge >= 0.3 is 7.82 Å². The first-order valence-electron chi connectivity index (χ1n) is 8.79. The summed E-state index contributed by atoms with van der Waals surface area (Å²) in [4.78, 5) is 3.93. The van der Waals surface area contributed by atoms with E-state index >= 15 is 0 Å². The number of hydrogen-bond acceptors (Lipinski definition) is 6. The average Bonchev–Trinajstić information content (AvgIpc) is 2.88. The number of phosphoric ester groups is 1. The molecule has 0 saturated carbocycles. The van der Waals surface area contributed by atoms with E-state index < -0.39 is 14.2 Å². The monoisotopic (exact) mass is 348 g/mol. The Kier molecular flexibility index (Phi) is 9.88. The molecule has 136 valence electrons. The lowest BCUT2D eigenvalue weighted by Gasteiger charge is -2.32. The SMILES string of the molecule is CCCCCCN1C=CN(C)C1OP(=O)(OCCC)OCCC. The van der Waals surface area contributed by atoms with Crippen LogP contribution in [0.1, 0.15) is 59.3 Å². The second-order valence-electron chi connectivity index (χ2n) is 5.81. The third-order valence-electron chi connectivity index (χ3n) is 3.53. The highest BCUT2D eigenvalue weighted by atomic mass is 31.2. The van der Waals surface area contributed by atoms with Crippen molar-refractivity contribution >= 4 is 7.82 Å². The first kappa shape index (κ1) is 20.5. The molecule has 0 amide bonds. The molecule has 0 radical (unpaired) electrons. The summed E-state index contributed by atoms with van der Waals surface area (Å²) in [7, 11) is -1.64. The van der Waals surface area contributed by atoms with Crippen LogP contribution in [0.25, 0.3) is 0 Å². The standard InChI is InChI=1S/C16H33N2O4P/c1-5-8-9-10-11-18-13-12-17(4)16(18)22-23(19,20-14-6-2)21-15-7-3/h12-13,16H,5-11,14-15H2,1-4H3. The topological polar surface area (TPSA) is 51.2 Å². The molecule has 1 rings (SSSR count). The van der Waals surface area contributed by atoms with Gasteiger partial charge in [0, 0.05) is 26.0 Å². The van der Waals surface area contributed by atoms with Crippen LogP contribution in [0.4, 0.5) is 0 Å². The minimum Gasteiger partial charge on any atom is -0.337 e. The maximum absolute atomic E-state index is 12.8. The Hall–Kier alpha value is -0.550. The third kappa shape index (κ3) is 7.25. The summed E-state index contributed by atoms with van der Waals surface area (Å²) in [6.45, 7) is 7.72. The van der Waals surface area contributed by atoms with E-state index in [0.29, 0.717) is 13.2 Å². The van der Waals surface area contributed by atoms with Crippen molar-refractivity contribution in [3.8, 4) is 0 Å². The molecule has 1 aliphatic heterocycles.